The number of rotatable bonds is 5. The molecule has 0 fully saturated rings. The Labute approximate surface area is 203 Å². The van der Waals surface area contributed by atoms with Crippen molar-refractivity contribution in [3.05, 3.63) is 88.2 Å². The van der Waals surface area contributed by atoms with E-state index in [1.807, 2.05) is 81.4 Å². The molecule has 1 aromatic heterocycles. The van der Waals surface area contributed by atoms with Crippen molar-refractivity contribution in [2.24, 2.45) is 5.92 Å². The summed E-state index contributed by atoms with van der Waals surface area (Å²) in [5.74, 6) is -2.23. The summed E-state index contributed by atoms with van der Waals surface area (Å²) < 4.78 is 10.4. The van der Waals surface area contributed by atoms with E-state index < -0.39 is 29.3 Å². The van der Waals surface area contributed by atoms with Crippen LogP contribution < -0.4 is 5.32 Å². The van der Waals surface area contributed by atoms with Crippen LogP contribution in [0, 0.1) is 12.8 Å². The van der Waals surface area contributed by atoms with E-state index in [9.17, 15) is 9.59 Å². The quantitative estimate of drug-likeness (QED) is 0.525. The lowest BCUT2D eigenvalue weighted by Crippen LogP contribution is -2.55. The van der Waals surface area contributed by atoms with Gasteiger partial charge in [-0.3, -0.25) is 4.79 Å². The summed E-state index contributed by atoms with van der Waals surface area (Å²) in [5, 5.41) is 4.21. The van der Waals surface area contributed by atoms with Crippen molar-refractivity contribution in [3.8, 4) is 10.4 Å². The molecule has 0 spiro atoms. The Bertz CT molecular complexity index is 1240. The van der Waals surface area contributed by atoms with Crippen molar-refractivity contribution >= 4 is 23.3 Å². The van der Waals surface area contributed by atoms with Crippen LogP contribution in [0.1, 0.15) is 36.0 Å². The number of aryl methyl sites for hydroxylation is 1. The van der Waals surface area contributed by atoms with Crippen LogP contribution in [0.15, 0.2) is 71.9 Å². The number of allylic oxidation sites excluding steroid dienone is 1. The maximum absolute atomic E-state index is 13.4. The highest BCUT2D eigenvalue weighted by Crippen LogP contribution is 2.50. The molecule has 3 atom stereocenters. The fourth-order valence-electron chi connectivity index (χ4n) is 4.84. The second kappa shape index (κ2) is 9.43. The molecule has 3 unspecified atom stereocenters. The Morgan fingerprint density at radius 2 is 1.59 bits per heavy atom. The highest BCUT2D eigenvalue weighted by atomic mass is 32.1. The Morgan fingerprint density at radius 3 is 2.18 bits per heavy atom. The molecular weight excluding hydrogens is 448 g/mol. The SMILES string of the molecule is COC(=O)C1=C(C)NC(C)(c2nc(C)c(-c3ccccc3)s2)C(C(=O)OC)C1c1ccccc1. The van der Waals surface area contributed by atoms with Crippen LogP contribution >= 0.6 is 11.3 Å². The van der Waals surface area contributed by atoms with Gasteiger partial charge < -0.3 is 14.8 Å². The predicted molar refractivity (Wildman–Crippen MR) is 132 cm³/mol. The average molecular weight is 477 g/mol. The summed E-state index contributed by atoms with van der Waals surface area (Å²) in [6.45, 7) is 5.76. The van der Waals surface area contributed by atoms with Crippen molar-refractivity contribution in [2.45, 2.75) is 32.2 Å². The van der Waals surface area contributed by atoms with E-state index in [2.05, 4.69) is 5.32 Å². The van der Waals surface area contributed by atoms with Gasteiger partial charge in [-0.05, 0) is 31.9 Å². The summed E-state index contributed by atoms with van der Waals surface area (Å²) in [4.78, 5) is 32.3. The van der Waals surface area contributed by atoms with Gasteiger partial charge in [0, 0.05) is 11.6 Å². The smallest absolute Gasteiger partial charge is 0.336 e. The first kappa shape index (κ1) is 23.7. The number of thiazole rings is 1. The monoisotopic (exact) mass is 476 g/mol. The number of hydrogen-bond donors (Lipinski definition) is 1. The molecule has 2 heterocycles. The maximum atomic E-state index is 13.4. The molecule has 3 aromatic rings. The number of nitrogens with one attached hydrogen (secondary N) is 1. The molecule has 2 aromatic carbocycles. The Hall–Kier alpha value is -3.45. The summed E-state index contributed by atoms with van der Waals surface area (Å²) in [6.07, 6.45) is 0. The summed E-state index contributed by atoms with van der Waals surface area (Å²) in [6, 6.07) is 19.6. The van der Waals surface area contributed by atoms with E-state index in [0.717, 1.165) is 26.7 Å². The number of esters is 2. The molecule has 176 valence electrons. The van der Waals surface area contributed by atoms with Gasteiger partial charge in [-0.2, -0.15) is 0 Å². The van der Waals surface area contributed by atoms with Crippen molar-refractivity contribution in [1.29, 1.82) is 0 Å². The van der Waals surface area contributed by atoms with E-state index in [1.54, 1.807) is 11.3 Å². The third kappa shape index (κ3) is 4.01. The molecule has 0 amide bonds. The molecule has 0 aliphatic carbocycles. The van der Waals surface area contributed by atoms with Crippen LogP contribution in [0.25, 0.3) is 10.4 Å². The minimum absolute atomic E-state index is 0.415. The van der Waals surface area contributed by atoms with Gasteiger partial charge in [-0.25, -0.2) is 9.78 Å². The molecule has 0 saturated carbocycles. The van der Waals surface area contributed by atoms with Gasteiger partial charge in [-0.15, -0.1) is 11.3 Å². The van der Waals surface area contributed by atoms with Gasteiger partial charge in [0.1, 0.15) is 10.5 Å². The number of carbonyl (C=O) groups excluding carboxylic acids is 2. The number of nitrogens with zero attached hydrogens (tertiary/aromatic N) is 1. The lowest BCUT2D eigenvalue weighted by molar-refractivity contribution is -0.150. The Kier molecular flexibility index (Phi) is 6.57. The molecular formula is C27H28N2O4S. The van der Waals surface area contributed by atoms with E-state index in [1.165, 1.54) is 14.2 Å². The second-order valence-corrected chi connectivity index (χ2v) is 9.55. The van der Waals surface area contributed by atoms with Crippen LogP contribution in [-0.2, 0) is 24.6 Å². The van der Waals surface area contributed by atoms with Gasteiger partial charge in [0.25, 0.3) is 0 Å². The van der Waals surface area contributed by atoms with Crippen molar-refractivity contribution in [3.63, 3.8) is 0 Å². The van der Waals surface area contributed by atoms with E-state index in [0.29, 0.717) is 11.3 Å². The van der Waals surface area contributed by atoms with Crippen LogP contribution in [0.4, 0.5) is 0 Å². The second-order valence-electron chi connectivity index (χ2n) is 8.55. The van der Waals surface area contributed by atoms with Crippen LogP contribution in [0.5, 0.6) is 0 Å². The van der Waals surface area contributed by atoms with Crippen LogP contribution in [0.3, 0.4) is 0 Å². The zero-order valence-corrected chi connectivity index (χ0v) is 20.7. The predicted octanol–water partition coefficient (Wildman–Crippen LogP) is 4.96. The number of methoxy groups -OCH3 is 2. The van der Waals surface area contributed by atoms with Crippen molar-refractivity contribution < 1.29 is 19.1 Å². The number of benzene rings is 2. The molecule has 1 aliphatic rings. The van der Waals surface area contributed by atoms with E-state index in [4.69, 9.17) is 14.5 Å². The summed E-state index contributed by atoms with van der Waals surface area (Å²) in [7, 11) is 2.72. The van der Waals surface area contributed by atoms with Gasteiger partial charge in [-0.1, -0.05) is 60.7 Å². The van der Waals surface area contributed by atoms with E-state index >= 15 is 0 Å². The van der Waals surface area contributed by atoms with Gasteiger partial charge in [0.15, 0.2) is 0 Å². The standard InChI is InChI=1S/C27H28N2O4S/c1-16-20(24(30)32-4)21(18-12-8-6-9-13-18)22(25(31)33-5)27(3,29-16)26-28-17(2)23(34-26)19-14-10-7-11-15-19/h6-15,21-22,29H,1-5H3. The zero-order chi connectivity index (χ0) is 24.5. The minimum Gasteiger partial charge on any atom is -0.469 e. The van der Waals surface area contributed by atoms with Crippen molar-refractivity contribution in [1.82, 2.24) is 10.3 Å². The Morgan fingerprint density at radius 1 is 0.971 bits per heavy atom. The lowest BCUT2D eigenvalue weighted by Gasteiger charge is -2.45. The van der Waals surface area contributed by atoms with Gasteiger partial charge in [0.05, 0.1) is 36.3 Å². The third-order valence-corrected chi connectivity index (χ3v) is 7.86. The minimum atomic E-state index is -0.919. The summed E-state index contributed by atoms with van der Waals surface area (Å²) in [5.41, 5.74) is 2.93. The molecule has 0 saturated heterocycles. The number of aromatic nitrogens is 1. The molecule has 34 heavy (non-hydrogen) atoms. The topological polar surface area (TPSA) is 77.5 Å². The normalized spacial score (nSPS) is 22.1. The highest BCUT2D eigenvalue weighted by molar-refractivity contribution is 7.15. The van der Waals surface area contributed by atoms with Gasteiger partial charge in [0.2, 0.25) is 0 Å². The molecule has 4 rings (SSSR count). The lowest BCUT2D eigenvalue weighted by atomic mass is 9.67. The average Bonchev–Trinajstić information content (AvgIpc) is 3.26. The molecule has 7 heteroatoms. The Balaban J connectivity index is 1.94. The number of hydrogen-bond acceptors (Lipinski definition) is 7. The van der Waals surface area contributed by atoms with Crippen molar-refractivity contribution in [2.75, 3.05) is 14.2 Å². The first-order chi connectivity index (χ1) is 16.3. The summed E-state index contributed by atoms with van der Waals surface area (Å²) >= 11 is 1.54. The van der Waals surface area contributed by atoms with Crippen LogP contribution in [0.2, 0.25) is 0 Å². The number of carbonyl (C=O) groups is 2. The molecule has 6 nitrogen and oxygen atoms in total. The fourth-order valence-corrected chi connectivity index (χ4v) is 6.05. The van der Waals surface area contributed by atoms with Gasteiger partial charge >= 0.3 is 11.9 Å². The maximum Gasteiger partial charge on any atom is 0.336 e. The highest BCUT2D eigenvalue weighted by Gasteiger charge is 2.54. The first-order valence-corrected chi connectivity index (χ1v) is 11.9. The number of ether oxygens (including phenoxy) is 2. The first-order valence-electron chi connectivity index (χ1n) is 11.0. The zero-order valence-electron chi connectivity index (χ0n) is 19.9. The third-order valence-electron chi connectivity index (χ3n) is 6.41. The molecule has 0 radical (unpaired) electrons. The van der Waals surface area contributed by atoms with Crippen LogP contribution in [-0.4, -0.2) is 31.1 Å². The molecule has 1 aliphatic heterocycles. The molecule has 0 bridgehead atoms. The largest absolute Gasteiger partial charge is 0.469 e. The molecule has 1 N–H and O–H groups in total. The van der Waals surface area contributed by atoms with E-state index in [-0.39, 0.29) is 0 Å². The fraction of sp³-hybridized carbons (Fsp3) is 0.296.